The van der Waals surface area contributed by atoms with Gasteiger partial charge in [0, 0.05) is 29.4 Å². The molecule has 2 aromatic carbocycles. The molecule has 9 nitrogen and oxygen atoms in total. The van der Waals surface area contributed by atoms with Gasteiger partial charge in [0.2, 0.25) is 6.20 Å². The third-order valence-corrected chi connectivity index (χ3v) is 5.85. The first kappa shape index (κ1) is 25.9. The van der Waals surface area contributed by atoms with E-state index in [-0.39, 0.29) is 36.5 Å². The first-order valence-corrected chi connectivity index (χ1v) is 11.1. The molecule has 3 aromatic rings. The maximum Gasteiger partial charge on any atom is 0.573 e. The van der Waals surface area contributed by atoms with Crippen LogP contribution in [0.4, 0.5) is 13.2 Å². The minimum absolute atomic E-state index is 0.0688. The van der Waals surface area contributed by atoms with Gasteiger partial charge < -0.3 is 25.2 Å². The Morgan fingerprint density at radius 2 is 1.59 bits per heavy atom. The Kier molecular flexibility index (Phi) is 7.32. The molecule has 2 heterocycles. The molecule has 37 heavy (non-hydrogen) atoms. The lowest BCUT2D eigenvalue weighted by Gasteiger charge is -2.22. The average molecular weight is 518 g/mol. The monoisotopic (exact) mass is 518 g/mol. The predicted octanol–water partition coefficient (Wildman–Crippen LogP) is 1.66. The summed E-state index contributed by atoms with van der Waals surface area (Å²) in [4.78, 5) is 26.3. The third-order valence-electron chi connectivity index (χ3n) is 5.85. The summed E-state index contributed by atoms with van der Waals surface area (Å²) in [5.74, 6) is -2.32. The predicted molar refractivity (Wildman–Crippen MR) is 120 cm³/mol. The quantitative estimate of drug-likeness (QED) is 0.279. The highest BCUT2D eigenvalue weighted by Crippen LogP contribution is 2.33. The van der Waals surface area contributed by atoms with Crippen molar-refractivity contribution in [3.63, 3.8) is 0 Å². The molecule has 0 aliphatic carbocycles. The molecule has 0 spiro atoms. The van der Waals surface area contributed by atoms with Crippen molar-refractivity contribution in [3.8, 4) is 16.9 Å². The van der Waals surface area contributed by atoms with Crippen LogP contribution in [0.15, 0.2) is 66.9 Å². The van der Waals surface area contributed by atoms with Crippen LogP contribution >= 0.6 is 0 Å². The van der Waals surface area contributed by atoms with E-state index in [4.69, 9.17) is 0 Å². The number of para-hydroxylation sites is 1. The molecule has 0 radical (unpaired) electrons. The van der Waals surface area contributed by atoms with Gasteiger partial charge in [-0.25, -0.2) is 0 Å². The lowest BCUT2D eigenvalue weighted by atomic mass is 10.1. The van der Waals surface area contributed by atoms with Gasteiger partial charge in [-0.15, -0.1) is 13.2 Å². The molecule has 194 valence electrons. The molecule has 1 aliphatic rings. The van der Waals surface area contributed by atoms with Gasteiger partial charge in [-0.2, -0.15) is 0 Å². The molecule has 0 fully saturated rings. The van der Waals surface area contributed by atoms with E-state index >= 15 is 0 Å². The maximum atomic E-state index is 12.7. The third kappa shape index (κ3) is 5.98. The number of amides is 2. The van der Waals surface area contributed by atoms with Crippen molar-refractivity contribution >= 4 is 11.8 Å². The normalized spacial score (nSPS) is 14.6. The van der Waals surface area contributed by atoms with Crippen molar-refractivity contribution in [1.82, 2.24) is 10.2 Å². The van der Waals surface area contributed by atoms with Crippen LogP contribution in [-0.4, -0.2) is 50.7 Å². The summed E-state index contributed by atoms with van der Waals surface area (Å²) >= 11 is 0. The first-order valence-electron chi connectivity index (χ1n) is 11.1. The fourth-order valence-corrected chi connectivity index (χ4v) is 3.97. The van der Waals surface area contributed by atoms with E-state index in [0.717, 1.165) is 23.4 Å². The van der Waals surface area contributed by atoms with E-state index in [1.165, 1.54) is 35.2 Å². The Hall–Kier alpha value is -4.16. The number of hydrogen-bond donors (Lipinski definition) is 4. The van der Waals surface area contributed by atoms with Crippen molar-refractivity contribution in [2.45, 2.75) is 38.2 Å². The lowest BCUT2D eigenvalue weighted by molar-refractivity contribution is -0.909. The smallest absolute Gasteiger partial charge is 0.405 e. The summed E-state index contributed by atoms with van der Waals surface area (Å²) in [6, 6.07) is 15.5. The Morgan fingerprint density at radius 3 is 2.22 bits per heavy atom. The second kappa shape index (κ2) is 10.4. The fraction of sp³-hybridized carbons (Fsp3) is 0.240. The molecule has 2 amide bonds. The van der Waals surface area contributed by atoms with Crippen molar-refractivity contribution < 1.29 is 47.6 Å². The van der Waals surface area contributed by atoms with Crippen LogP contribution in [0.5, 0.6) is 5.75 Å². The van der Waals surface area contributed by atoms with E-state index in [2.05, 4.69) is 10.1 Å². The molecule has 0 saturated heterocycles. The number of aromatic nitrogens is 1. The Labute approximate surface area is 208 Å². The van der Waals surface area contributed by atoms with Crippen LogP contribution in [0.25, 0.3) is 11.1 Å². The van der Waals surface area contributed by atoms with E-state index in [0.29, 0.717) is 4.73 Å². The Bertz CT molecular complexity index is 1290. The van der Waals surface area contributed by atoms with Gasteiger partial charge in [0.15, 0.2) is 12.2 Å². The number of fused-ring (bicyclic) bond motifs is 1. The molecule has 4 N–H and O–H groups in total. The first-order chi connectivity index (χ1) is 17.5. The topological polar surface area (TPSA) is 123 Å². The average Bonchev–Trinajstić information content (AvgIpc) is 3.30. The maximum absolute atomic E-state index is 12.7. The largest absolute Gasteiger partial charge is 0.573 e. The number of hydrogen-bond acceptors (Lipinski definition) is 6. The van der Waals surface area contributed by atoms with E-state index in [9.17, 15) is 38.2 Å². The molecule has 4 rings (SSSR count). The van der Waals surface area contributed by atoms with Gasteiger partial charge >= 0.3 is 6.36 Å². The van der Waals surface area contributed by atoms with E-state index < -0.39 is 36.1 Å². The highest BCUT2D eigenvalue weighted by atomic mass is 19.4. The highest BCUT2D eigenvalue weighted by Gasteiger charge is 2.36. The zero-order chi connectivity index (χ0) is 26.7. The number of halogens is 3. The molecule has 1 aromatic heterocycles. The number of carbonyl (C=O) groups is 2. The molecule has 0 saturated carbocycles. The van der Waals surface area contributed by atoms with E-state index in [1.54, 1.807) is 0 Å². The van der Waals surface area contributed by atoms with Crippen LogP contribution < -0.4 is 14.8 Å². The van der Waals surface area contributed by atoms with Gasteiger partial charge in [-0.3, -0.25) is 14.8 Å². The van der Waals surface area contributed by atoms with Crippen molar-refractivity contribution in [1.29, 1.82) is 0 Å². The van der Waals surface area contributed by atoms with Gasteiger partial charge in [0.1, 0.15) is 12.3 Å². The standard InChI is InChI=1S/C25H22F3N3O6/c26-25(27,28)37-20-8-4-3-7-19(20)17-9-10-18(31(36)14-17)11-29-23(34)21(32)22(33)24(35)30-12-15-5-1-2-6-16(15)13-30/h1-10,14,21-22,32-33H,11-13H2,(H-,29,34,36)/p+1/t21-,22-/m1/s1. The molecular formula is C25H23F3N3O6+. The zero-order valence-electron chi connectivity index (χ0n) is 19.2. The number of aliphatic hydroxyl groups excluding tert-OH is 2. The second-order valence-corrected chi connectivity index (χ2v) is 8.37. The lowest BCUT2D eigenvalue weighted by Crippen LogP contribution is -2.50. The number of carbonyl (C=O) groups excluding carboxylic acids is 2. The summed E-state index contributed by atoms with van der Waals surface area (Å²) in [5, 5.41) is 33.1. The van der Waals surface area contributed by atoms with Crippen molar-refractivity contribution in [3.05, 3.63) is 83.7 Å². The van der Waals surface area contributed by atoms with Crippen LogP contribution in [0.3, 0.4) is 0 Å². The van der Waals surface area contributed by atoms with Crippen molar-refractivity contribution in [2.24, 2.45) is 0 Å². The molecule has 1 aliphatic heterocycles. The number of nitrogens with one attached hydrogen (secondary N) is 1. The van der Waals surface area contributed by atoms with Crippen LogP contribution in [-0.2, 0) is 29.2 Å². The number of alkyl halides is 3. The van der Waals surface area contributed by atoms with Crippen LogP contribution in [0.2, 0.25) is 0 Å². The summed E-state index contributed by atoms with van der Waals surface area (Å²) in [6.07, 6.45) is -7.84. The fourth-order valence-electron chi connectivity index (χ4n) is 3.97. The number of benzene rings is 2. The van der Waals surface area contributed by atoms with E-state index in [1.807, 2.05) is 24.3 Å². The zero-order valence-corrected chi connectivity index (χ0v) is 19.2. The van der Waals surface area contributed by atoms with Gasteiger partial charge in [0.25, 0.3) is 17.5 Å². The second-order valence-electron chi connectivity index (χ2n) is 8.37. The number of nitrogens with zero attached hydrogens (tertiary/aromatic N) is 2. The number of aliphatic hydroxyl groups is 2. The number of ether oxygens (including phenoxy) is 1. The minimum atomic E-state index is -4.90. The van der Waals surface area contributed by atoms with Gasteiger partial charge in [-0.1, -0.05) is 42.5 Å². The van der Waals surface area contributed by atoms with Crippen molar-refractivity contribution in [2.75, 3.05) is 0 Å². The van der Waals surface area contributed by atoms with Gasteiger partial charge in [-0.05, 0) is 23.3 Å². The summed E-state index contributed by atoms with van der Waals surface area (Å²) in [6.45, 7) is 0.173. The highest BCUT2D eigenvalue weighted by molar-refractivity contribution is 5.90. The number of pyridine rings is 1. The molecule has 0 bridgehead atoms. The summed E-state index contributed by atoms with van der Waals surface area (Å²) in [7, 11) is 0. The Balaban J connectivity index is 1.37. The van der Waals surface area contributed by atoms with Crippen LogP contribution in [0.1, 0.15) is 16.8 Å². The molecule has 0 unspecified atom stereocenters. The van der Waals surface area contributed by atoms with Gasteiger partial charge in [0.05, 0.1) is 5.56 Å². The van der Waals surface area contributed by atoms with Crippen LogP contribution in [0, 0.1) is 0 Å². The molecular weight excluding hydrogens is 495 g/mol. The molecule has 12 heteroatoms. The summed E-state index contributed by atoms with van der Waals surface area (Å²) < 4.78 is 42.7. The SMILES string of the molecule is O=C(NCc1ccc(-c2ccccc2OC(F)(F)F)c[n+]1O)[C@H](O)[C@@H](O)C(=O)N1Cc2ccccc2C1. The minimum Gasteiger partial charge on any atom is -0.405 e. The Morgan fingerprint density at radius 1 is 0.973 bits per heavy atom. The summed E-state index contributed by atoms with van der Waals surface area (Å²) in [5.41, 5.74) is 2.19. The molecule has 2 atom stereocenters. The number of rotatable bonds is 7.